The number of halogens is 2. The molecule has 1 aliphatic heterocycles. The van der Waals surface area contributed by atoms with Gasteiger partial charge in [0.15, 0.2) is 0 Å². The van der Waals surface area contributed by atoms with Gasteiger partial charge in [0, 0.05) is 18.1 Å². The first-order chi connectivity index (χ1) is 9.61. The molecule has 0 saturated heterocycles. The number of hydrogen-bond acceptors (Lipinski definition) is 2. The summed E-state index contributed by atoms with van der Waals surface area (Å²) in [5.41, 5.74) is 1.42. The summed E-state index contributed by atoms with van der Waals surface area (Å²) in [5.74, 6) is 0.601. The largest absolute Gasteiger partial charge is 0.490 e. The van der Waals surface area contributed by atoms with Gasteiger partial charge in [-0.05, 0) is 36.8 Å². The summed E-state index contributed by atoms with van der Waals surface area (Å²) >= 11 is 0. The van der Waals surface area contributed by atoms with Crippen LogP contribution in [-0.2, 0) is 6.42 Å². The van der Waals surface area contributed by atoms with Crippen LogP contribution in [0.5, 0.6) is 11.5 Å². The van der Waals surface area contributed by atoms with Crippen LogP contribution in [0.15, 0.2) is 36.4 Å². The molecule has 0 saturated carbocycles. The summed E-state index contributed by atoms with van der Waals surface area (Å²) in [6.07, 6.45) is 0.428. The molecule has 0 aromatic heterocycles. The fraction of sp³-hybridized carbons (Fsp3) is 0.250. The summed E-state index contributed by atoms with van der Waals surface area (Å²) in [6, 6.07) is 9.22. The van der Waals surface area contributed by atoms with Gasteiger partial charge >= 0.3 is 0 Å². The molecule has 2 aromatic carbocycles. The molecule has 1 aliphatic rings. The third-order valence-electron chi connectivity index (χ3n) is 3.34. The topological polar surface area (TPSA) is 18.5 Å². The fourth-order valence-electron chi connectivity index (χ4n) is 2.23. The van der Waals surface area contributed by atoms with Crippen molar-refractivity contribution in [1.82, 2.24) is 0 Å². The Labute approximate surface area is 116 Å². The van der Waals surface area contributed by atoms with E-state index in [0.29, 0.717) is 30.1 Å². The molecular weight excluding hydrogens is 262 g/mol. The van der Waals surface area contributed by atoms with Crippen molar-refractivity contribution in [3.05, 3.63) is 59.2 Å². The maximum absolute atomic E-state index is 13.4. The van der Waals surface area contributed by atoms with Crippen LogP contribution in [0.4, 0.5) is 8.78 Å². The predicted octanol–water partition coefficient (Wildman–Crippen LogP) is 3.66. The highest BCUT2D eigenvalue weighted by molar-refractivity contribution is 5.38. The van der Waals surface area contributed by atoms with E-state index in [0.717, 1.165) is 5.56 Å². The average molecular weight is 276 g/mol. The zero-order chi connectivity index (χ0) is 14.1. The zero-order valence-electron chi connectivity index (χ0n) is 11.0. The van der Waals surface area contributed by atoms with Gasteiger partial charge in [0.05, 0.1) is 0 Å². The lowest BCUT2D eigenvalue weighted by molar-refractivity contribution is 0.148. The molecule has 3 rings (SSSR count). The van der Waals surface area contributed by atoms with E-state index in [1.807, 2.05) is 0 Å². The second kappa shape index (κ2) is 5.12. The van der Waals surface area contributed by atoms with E-state index in [-0.39, 0.29) is 17.7 Å². The summed E-state index contributed by atoms with van der Waals surface area (Å²) in [7, 11) is 0. The number of ether oxygens (including phenoxy) is 2. The Morgan fingerprint density at radius 1 is 1.20 bits per heavy atom. The minimum Gasteiger partial charge on any atom is -0.490 e. The van der Waals surface area contributed by atoms with Gasteiger partial charge in [-0.2, -0.15) is 0 Å². The predicted molar refractivity (Wildman–Crippen MR) is 71.2 cm³/mol. The van der Waals surface area contributed by atoms with Crippen molar-refractivity contribution < 1.29 is 18.3 Å². The van der Waals surface area contributed by atoms with Crippen LogP contribution >= 0.6 is 0 Å². The number of benzene rings is 2. The third-order valence-corrected chi connectivity index (χ3v) is 3.34. The van der Waals surface area contributed by atoms with Crippen molar-refractivity contribution in [3.63, 3.8) is 0 Å². The molecule has 0 aliphatic carbocycles. The van der Waals surface area contributed by atoms with Crippen LogP contribution in [0, 0.1) is 18.6 Å². The van der Waals surface area contributed by atoms with Crippen LogP contribution < -0.4 is 9.47 Å². The van der Waals surface area contributed by atoms with E-state index in [1.165, 1.54) is 18.2 Å². The lowest BCUT2D eigenvalue weighted by Gasteiger charge is -2.12. The van der Waals surface area contributed by atoms with Crippen LogP contribution in [0.1, 0.15) is 11.1 Å². The first-order valence-electron chi connectivity index (χ1n) is 6.46. The molecule has 1 atom stereocenters. The van der Waals surface area contributed by atoms with Crippen LogP contribution in [0.25, 0.3) is 0 Å². The quantitative estimate of drug-likeness (QED) is 0.851. The van der Waals surface area contributed by atoms with Gasteiger partial charge in [-0.25, -0.2) is 8.78 Å². The second-order valence-electron chi connectivity index (χ2n) is 4.92. The molecule has 0 bridgehead atoms. The van der Waals surface area contributed by atoms with Gasteiger partial charge in [0.2, 0.25) is 0 Å². The molecule has 2 aromatic rings. The van der Waals surface area contributed by atoms with E-state index in [4.69, 9.17) is 9.47 Å². The van der Waals surface area contributed by atoms with E-state index >= 15 is 0 Å². The molecule has 20 heavy (non-hydrogen) atoms. The summed E-state index contributed by atoms with van der Waals surface area (Å²) < 4.78 is 37.7. The van der Waals surface area contributed by atoms with Crippen molar-refractivity contribution in [3.8, 4) is 11.5 Å². The standard InChI is InChI=1S/C16H14F2O2/c1-10-2-4-13(8-15(10)18)19-9-14-7-11-6-12(17)3-5-16(11)20-14/h2-6,8,14H,7,9H2,1H3. The van der Waals surface area contributed by atoms with Crippen molar-refractivity contribution in [2.24, 2.45) is 0 Å². The van der Waals surface area contributed by atoms with Crippen molar-refractivity contribution in [2.75, 3.05) is 6.61 Å². The Balaban J connectivity index is 1.62. The lowest BCUT2D eigenvalue weighted by Crippen LogP contribution is -2.22. The molecule has 0 N–H and O–H groups in total. The first-order valence-corrected chi connectivity index (χ1v) is 6.46. The van der Waals surface area contributed by atoms with E-state index < -0.39 is 0 Å². The molecule has 0 spiro atoms. The van der Waals surface area contributed by atoms with Crippen LogP contribution in [0.2, 0.25) is 0 Å². The highest BCUT2D eigenvalue weighted by Gasteiger charge is 2.23. The molecule has 2 nitrogen and oxygen atoms in total. The second-order valence-corrected chi connectivity index (χ2v) is 4.92. The summed E-state index contributed by atoms with van der Waals surface area (Å²) in [4.78, 5) is 0. The third kappa shape index (κ3) is 2.59. The summed E-state index contributed by atoms with van der Waals surface area (Å²) in [6.45, 7) is 2.00. The highest BCUT2D eigenvalue weighted by atomic mass is 19.1. The number of fused-ring (bicyclic) bond motifs is 1. The Morgan fingerprint density at radius 2 is 2.05 bits per heavy atom. The molecule has 0 fully saturated rings. The molecule has 0 radical (unpaired) electrons. The molecule has 4 heteroatoms. The van der Waals surface area contributed by atoms with Crippen molar-refractivity contribution in [1.29, 1.82) is 0 Å². The van der Waals surface area contributed by atoms with E-state index in [2.05, 4.69) is 0 Å². The normalized spacial score (nSPS) is 16.6. The zero-order valence-corrected chi connectivity index (χ0v) is 11.0. The summed E-state index contributed by atoms with van der Waals surface area (Å²) in [5, 5.41) is 0. The number of aryl methyl sites for hydroxylation is 1. The minimum atomic E-state index is -0.291. The van der Waals surface area contributed by atoms with Gasteiger partial charge in [-0.3, -0.25) is 0 Å². The molecule has 0 amide bonds. The van der Waals surface area contributed by atoms with Crippen LogP contribution in [-0.4, -0.2) is 12.7 Å². The highest BCUT2D eigenvalue weighted by Crippen LogP contribution is 2.29. The van der Waals surface area contributed by atoms with Gasteiger partial charge in [0.25, 0.3) is 0 Å². The van der Waals surface area contributed by atoms with Gasteiger partial charge in [-0.15, -0.1) is 0 Å². The minimum absolute atomic E-state index is 0.170. The lowest BCUT2D eigenvalue weighted by atomic mass is 10.1. The monoisotopic (exact) mass is 276 g/mol. The maximum atomic E-state index is 13.4. The fourth-order valence-corrected chi connectivity index (χ4v) is 2.23. The van der Waals surface area contributed by atoms with E-state index in [1.54, 1.807) is 25.1 Å². The van der Waals surface area contributed by atoms with Crippen molar-refractivity contribution in [2.45, 2.75) is 19.4 Å². The number of rotatable bonds is 3. The average Bonchev–Trinajstić information content (AvgIpc) is 2.82. The SMILES string of the molecule is Cc1ccc(OCC2Cc3cc(F)ccc3O2)cc1F. The molecule has 104 valence electrons. The number of hydrogen-bond donors (Lipinski definition) is 0. The Morgan fingerprint density at radius 3 is 2.85 bits per heavy atom. The first kappa shape index (κ1) is 12.9. The molecule has 1 heterocycles. The maximum Gasteiger partial charge on any atom is 0.137 e. The van der Waals surface area contributed by atoms with E-state index in [9.17, 15) is 8.78 Å². The van der Waals surface area contributed by atoms with Crippen LogP contribution in [0.3, 0.4) is 0 Å². The van der Waals surface area contributed by atoms with Crippen molar-refractivity contribution >= 4 is 0 Å². The molecule has 1 unspecified atom stereocenters. The Kier molecular flexibility index (Phi) is 3.30. The Bertz CT molecular complexity index is 640. The molecular formula is C16H14F2O2. The smallest absolute Gasteiger partial charge is 0.137 e. The van der Waals surface area contributed by atoms with Gasteiger partial charge < -0.3 is 9.47 Å². The van der Waals surface area contributed by atoms with Gasteiger partial charge in [0.1, 0.15) is 35.8 Å². The Hall–Kier alpha value is -2.10. The van der Waals surface area contributed by atoms with Gasteiger partial charge in [-0.1, -0.05) is 6.07 Å².